The summed E-state index contributed by atoms with van der Waals surface area (Å²) in [6, 6.07) is 0.400. The summed E-state index contributed by atoms with van der Waals surface area (Å²) >= 11 is 0. The first kappa shape index (κ1) is 10.0. The summed E-state index contributed by atoms with van der Waals surface area (Å²) in [7, 11) is 3.47. The summed E-state index contributed by atoms with van der Waals surface area (Å²) in [5, 5.41) is 0. The summed E-state index contributed by atoms with van der Waals surface area (Å²) in [5.74, 6) is 0.00537. The Morgan fingerprint density at radius 3 is 2.67 bits per heavy atom. The van der Waals surface area contributed by atoms with Crippen molar-refractivity contribution in [1.82, 2.24) is 14.0 Å². The highest BCUT2D eigenvalue weighted by molar-refractivity contribution is 5.76. The fourth-order valence-corrected chi connectivity index (χ4v) is 1.55. The first-order valence-electron chi connectivity index (χ1n) is 5.07. The van der Waals surface area contributed by atoms with Gasteiger partial charge in [-0.3, -0.25) is 9.36 Å². The molecule has 0 spiro atoms. The predicted molar refractivity (Wildman–Crippen MR) is 55.5 cm³/mol. The number of carbonyl (C=O) groups excluding carboxylic acids is 1. The number of aryl methyl sites for hydroxylation is 1. The van der Waals surface area contributed by atoms with Crippen molar-refractivity contribution in [1.29, 1.82) is 0 Å². The Kier molecular flexibility index (Phi) is 2.38. The molecule has 1 aliphatic rings. The Hall–Kier alpha value is -1.52. The van der Waals surface area contributed by atoms with Crippen LogP contribution in [0.5, 0.6) is 0 Å². The van der Waals surface area contributed by atoms with E-state index in [1.807, 2.05) is 0 Å². The van der Waals surface area contributed by atoms with Gasteiger partial charge in [-0.05, 0) is 12.8 Å². The Morgan fingerprint density at radius 1 is 1.53 bits per heavy atom. The maximum absolute atomic E-state index is 11.7. The number of aromatic nitrogens is 2. The lowest BCUT2D eigenvalue weighted by atomic mass is 10.5. The minimum Gasteiger partial charge on any atom is -0.341 e. The molecule has 1 aromatic rings. The normalized spacial score (nSPS) is 15.3. The van der Waals surface area contributed by atoms with Gasteiger partial charge in [-0.2, -0.15) is 0 Å². The van der Waals surface area contributed by atoms with E-state index >= 15 is 0 Å². The average molecular weight is 209 g/mol. The van der Waals surface area contributed by atoms with Gasteiger partial charge >= 0.3 is 5.69 Å². The van der Waals surface area contributed by atoms with Gasteiger partial charge < -0.3 is 9.47 Å². The molecule has 0 aromatic carbocycles. The number of rotatable bonds is 3. The monoisotopic (exact) mass is 209 g/mol. The summed E-state index contributed by atoms with van der Waals surface area (Å²) < 4.78 is 2.89. The number of hydrogen-bond acceptors (Lipinski definition) is 2. The van der Waals surface area contributed by atoms with Gasteiger partial charge in [-0.1, -0.05) is 0 Å². The van der Waals surface area contributed by atoms with E-state index in [1.54, 1.807) is 31.4 Å². The summed E-state index contributed by atoms with van der Waals surface area (Å²) in [4.78, 5) is 24.9. The highest BCUT2D eigenvalue weighted by Gasteiger charge is 2.29. The third-order valence-electron chi connectivity index (χ3n) is 2.81. The van der Waals surface area contributed by atoms with E-state index in [0.29, 0.717) is 6.04 Å². The van der Waals surface area contributed by atoms with Gasteiger partial charge in [-0.25, -0.2) is 4.79 Å². The molecule has 1 heterocycles. The van der Waals surface area contributed by atoms with Crippen molar-refractivity contribution in [2.75, 3.05) is 7.05 Å². The minimum absolute atomic E-state index is 0.00537. The molecule has 0 aliphatic heterocycles. The molecule has 0 N–H and O–H groups in total. The molecule has 0 bridgehead atoms. The fourth-order valence-electron chi connectivity index (χ4n) is 1.55. The third kappa shape index (κ3) is 1.95. The number of likely N-dealkylation sites (N-methyl/N-ethyl adjacent to an activating group) is 1. The van der Waals surface area contributed by atoms with Crippen molar-refractivity contribution < 1.29 is 4.79 Å². The van der Waals surface area contributed by atoms with Crippen LogP contribution in [-0.2, 0) is 18.4 Å². The third-order valence-corrected chi connectivity index (χ3v) is 2.81. The largest absolute Gasteiger partial charge is 0.341 e. The van der Waals surface area contributed by atoms with E-state index in [1.165, 1.54) is 9.13 Å². The topological polar surface area (TPSA) is 47.2 Å². The maximum Gasteiger partial charge on any atom is 0.328 e. The Labute approximate surface area is 87.9 Å². The second-order valence-electron chi connectivity index (χ2n) is 4.06. The highest BCUT2D eigenvalue weighted by Crippen LogP contribution is 2.25. The molecule has 1 saturated carbocycles. The zero-order valence-electron chi connectivity index (χ0n) is 9.01. The zero-order chi connectivity index (χ0) is 11.0. The molecule has 0 unspecified atom stereocenters. The molecule has 1 fully saturated rings. The average Bonchev–Trinajstić information content (AvgIpc) is 3.00. The van der Waals surface area contributed by atoms with Crippen LogP contribution in [0.1, 0.15) is 12.8 Å². The van der Waals surface area contributed by atoms with E-state index in [9.17, 15) is 9.59 Å². The Bertz CT molecular complexity index is 428. The van der Waals surface area contributed by atoms with Gasteiger partial charge in [-0.15, -0.1) is 0 Å². The van der Waals surface area contributed by atoms with Crippen LogP contribution >= 0.6 is 0 Å². The summed E-state index contributed by atoms with van der Waals surface area (Å²) in [5.41, 5.74) is -0.146. The molecule has 2 rings (SSSR count). The van der Waals surface area contributed by atoms with E-state index in [0.717, 1.165) is 12.8 Å². The van der Waals surface area contributed by atoms with E-state index in [4.69, 9.17) is 0 Å². The smallest absolute Gasteiger partial charge is 0.328 e. The number of imidazole rings is 1. The molecular weight excluding hydrogens is 194 g/mol. The van der Waals surface area contributed by atoms with Gasteiger partial charge in [0, 0.05) is 32.5 Å². The summed E-state index contributed by atoms with van der Waals surface area (Å²) in [6.07, 6.45) is 5.48. The van der Waals surface area contributed by atoms with Gasteiger partial charge in [0.25, 0.3) is 0 Å². The molecule has 15 heavy (non-hydrogen) atoms. The van der Waals surface area contributed by atoms with Gasteiger partial charge in [0.15, 0.2) is 0 Å². The number of amides is 1. The van der Waals surface area contributed by atoms with E-state index in [2.05, 4.69) is 0 Å². The molecule has 0 saturated heterocycles. The molecule has 5 nitrogen and oxygen atoms in total. The molecule has 1 aliphatic carbocycles. The standard InChI is InChI=1S/C10H15N3O2/c1-11-5-6-13(10(11)15)7-9(14)12(2)8-3-4-8/h5-6,8H,3-4,7H2,1-2H3. The van der Waals surface area contributed by atoms with Gasteiger partial charge in [0.05, 0.1) is 0 Å². The minimum atomic E-state index is -0.146. The Balaban J connectivity index is 2.05. The lowest BCUT2D eigenvalue weighted by Gasteiger charge is -2.15. The maximum atomic E-state index is 11.7. The van der Waals surface area contributed by atoms with Crippen LogP contribution in [0.15, 0.2) is 17.2 Å². The lowest BCUT2D eigenvalue weighted by molar-refractivity contribution is -0.131. The molecule has 0 radical (unpaired) electrons. The van der Waals surface area contributed by atoms with Crippen LogP contribution in [0, 0.1) is 0 Å². The van der Waals surface area contributed by atoms with E-state index in [-0.39, 0.29) is 18.1 Å². The van der Waals surface area contributed by atoms with Crippen molar-refractivity contribution in [3.63, 3.8) is 0 Å². The van der Waals surface area contributed by atoms with Crippen molar-refractivity contribution in [3.8, 4) is 0 Å². The second kappa shape index (κ2) is 3.56. The first-order chi connectivity index (χ1) is 7.09. The molecular formula is C10H15N3O2. The van der Waals surface area contributed by atoms with Crippen molar-refractivity contribution in [3.05, 3.63) is 22.9 Å². The second-order valence-corrected chi connectivity index (χ2v) is 4.06. The number of nitrogens with zero attached hydrogens (tertiary/aromatic N) is 3. The Morgan fingerprint density at radius 2 is 2.20 bits per heavy atom. The number of carbonyl (C=O) groups is 1. The van der Waals surface area contributed by atoms with Crippen LogP contribution in [-0.4, -0.2) is 33.0 Å². The molecule has 0 atom stereocenters. The predicted octanol–water partition coefficient (Wildman–Crippen LogP) is -0.192. The van der Waals surface area contributed by atoms with Crippen molar-refractivity contribution in [2.45, 2.75) is 25.4 Å². The fraction of sp³-hybridized carbons (Fsp3) is 0.600. The van der Waals surface area contributed by atoms with Crippen LogP contribution in [0.2, 0.25) is 0 Å². The molecule has 1 amide bonds. The van der Waals surface area contributed by atoms with Gasteiger partial charge in [0.2, 0.25) is 5.91 Å². The SMILES string of the molecule is CN(C(=O)Cn1ccn(C)c1=O)C1CC1. The van der Waals surface area contributed by atoms with Crippen LogP contribution in [0.4, 0.5) is 0 Å². The molecule has 82 valence electrons. The van der Waals surface area contributed by atoms with Crippen LogP contribution < -0.4 is 5.69 Å². The van der Waals surface area contributed by atoms with Crippen molar-refractivity contribution in [2.24, 2.45) is 7.05 Å². The van der Waals surface area contributed by atoms with Crippen LogP contribution in [0.3, 0.4) is 0 Å². The zero-order valence-corrected chi connectivity index (χ0v) is 9.01. The first-order valence-corrected chi connectivity index (χ1v) is 5.07. The highest BCUT2D eigenvalue weighted by atomic mass is 16.2. The lowest BCUT2D eigenvalue weighted by Crippen LogP contribution is -2.35. The quantitative estimate of drug-likeness (QED) is 0.692. The molecule has 5 heteroatoms. The number of hydrogen-bond donors (Lipinski definition) is 0. The van der Waals surface area contributed by atoms with Gasteiger partial charge in [0.1, 0.15) is 6.54 Å². The van der Waals surface area contributed by atoms with Crippen molar-refractivity contribution >= 4 is 5.91 Å². The van der Waals surface area contributed by atoms with Crippen LogP contribution in [0.25, 0.3) is 0 Å². The summed E-state index contributed by atoms with van der Waals surface area (Å²) in [6.45, 7) is 0.146. The molecule has 1 aromatic heterocycles. The van der Waals surface area contributed by atoms with E-state index < -0.39 is 0 Å².